The van der Waals surface area contributed by atoms with Gasteiger partial charge in [0.1, 0.15) is 23.9 Å². The molecule has 0 aliphatic carbocycles. The molecule has 1 aromatic carbocycles. The number of ketones is 2. The molecular formula is C51H91N3O5. The number of ether oxygens (including phenoxy) is 1. The first kappa shape index (κ1) is 54.3. The molecule has 59 heavy (non-hydrogen) atoms. The van der Waals surface area contributed by atoms with Crippen LogP contribution in [0.3, 0.4) is 0 Å². The molecule has 0 bridgehead atoms. The maximum absolute atomic E-state index is 12.9. The molecule has 1 aromatic rings. The van der Waals surface area contributed by atoms with Gasteiger partial charge in [0.15, 0.2) is 0 Å². The fourth-order valence-electron chi connectivity index (χ4n) is 7.67. The lowest BCUT2D eigenvalue weighted by molar-refractivity contribution is -0.125. The largest absolute Gasteiger partial charge is 0.492 e. The van der Waals surface area contributed by atoms with Crippen molar-refractivity contribution in [3.63, 3.8) is 0 Å². The SMILES string of the molecule is CCCCCc1ccc(OCCN(CCCNC(=O)[C@@H](C)CCCCCC(=O)[C@@H](C)CCCCC)CCCNC(=O)[C@@H](C)CCCCCC(=O)[C@@H](C)CCCCC)cc1. The Morgan fingerprint density at radius 1 is 0.508 bits per heavy atom. The minimum atomic E-state index is -0.0367. The van der Waals surface area contributed by atoms with Crippen molar-refractivity contribution in [2.24, 2.45) is 23.7 Å². The molecule has 340 valence electrons. The van der Waals surface area contributed by atoms with Crippen molar-refractivity contribution in [1.29, 1.82) is 0 Å². The second kappa shape index (κ2) is 36.0. The van der Waals surface area contributed by atoms with Crippen LogP contribution in [-0.4, -0.2) is 67.6 Å². The molecule has 2 N–H and O–H groups in total. The maximum atomic E-state index is 12.9. The first-order valence-electron chi connectivity index (χ1n) is 24.6. The van der Waals surface area contributed by atoms with Crippen LogP contribution < -0.4 is 15.4 Å². The van der Waals surface area contributed by atoms with Crippen LogP contribution in [0.5, 0.6) is 5.75 Å². The molecular weight excluding hydrogens is 735 g/mol. The quantitative estimate of drug-likeness (QED) is 0.0639. The number of nitrogens with one attached hydrogen (secondary N) is 2. The molecule has 4 atom stereocenters. The van der Waals surface area contributed by atoms with Gasteiger partial charge in [-0.25, -0.2) is 0 Å². The highest BCUT2D eigenvalue weighted by Crippen LogP contribution is 2.18. The number of benzene rings is 1. The summed E-state index contributed by atoms with van der Waals surface area (Å²) >= 11 is 0. The van der Waals surface area contributed by atoms with E-state index in [0.29, 0.717) is 44.1 Å². The number of carbonyl (C=O) groups is 4. The van der Waals surface area contributed by atoms with E-state index >= 15 is 0 Å². The summed E-state index contributed by atoms with van der Waals surface area (Å²) in [4.78, 5) is 53.0. The summed E-state index contributed by atoms with van der Waals surface area (Å²) in [7, 11) is 0. The summed E-state index contributed by atoms with van der Waals surface area (Å²) < 4.78 is 6.15. The van der Waals surface area contributed by atoms with E-state index in [1.165, 1.54) is 50.5 Å². The third-order valence-electron chi connectivity index (χ3n) is 12.2. The number of unbranched alkanes of at least 4 members (excludes halogenated alkanes) is 10. The minimum absolute atomic E-state index is 0.0367. The Kier molecular flexibility index (Phi) is 33.1. The molecule has 0 spiro atoms. The van der Waals surface area contributed by atoms with Gasteiger partial charge < -0.3 is 15.4 Å². The predicted octanol–water partition coefficient (Wildman–Crippen LogP) is 11.9. The molecule has 2 amide bonds. The van der Waals surface area contributed by atoms with Crippen LogP contribution in [0.15, 0.2) is 24.3 Å². The molecule has 0 heterocycles. The molecule has 0 aliphatic rings. The van der Waals surface area contributed by atoms with Crippen molar-refractivity contribution in [1.82, 2.24) is 15.5 Å². The van der Waals surface area contributed by atoms with Crippen LogP contribution in [0.25, 0.3) is 0 Å². The van der Waals surface area contributed by atoms with E-state index in [9.17, 15) is 19.2 Å². The molecule has 8 heteroatoms. The van der Waals surface area contributed by atoms with Gasteiger partial charge in [0.2, 0.25) is 11.8 Å². The zero-order valence-electron chi connectivity index (χ0n) is 39.3. The van der Waals surface area contributed by atoms with Crippen molar-refractivity contribution in [2.45, 2.75) is 203 Å². The van der Waals surface area contributed by atoms with Crippen LogP contribution in [0.2, 0.25) is 0 Å². The zero-order valence-corrected chi connectivity index (χ0v) is 39.3. The molecule has 0 saturated heterocycles. The molecule has 0 saturated carbocycles. The van der Waals surface area contributed by atoms with Gasteiger partial charge >= 0.3 is 0 Å². The zero-order chi connectivity index (χ0) is 43.5. The molecule has 1 rings (SSSR count). The normalized spacial score (nSPS) is 13.5. The highest BCUT2D eigenvalue weighted by atomic mass is 16.5. The highest BCUT2D eigenvalue weighted by Gasteiger charge is 2.16. The smallest absolute Gasteiger partial charge is 0.222 e. The summed E-state index contributed by atoms with van der Waals surface area (Å²) in [5.74, 6) is 2.16. The average Bonchev–Trinajstić information content (AvgIpc) is 3.23. The van der Waals surface area contributed by atoms with Gasteiger partial charge in [-0.2, -0.15) is 0 Å². The fourth-order valence-corrected chi connectivity index (χ4v) is 7.67. The Morgan fingerprint density at radius 3 is 1.39 bits per heavy atom. The van der Waals surface area contributed by atoms with E-state index < -0.39 is 0 Å². The van der Waals surface area contributed by atoms with E-state index in [1.807, 2.05) is 13.8 Å². The van der Waals surface area contributed by atoms with E-state index in [1.54, 1.807) is 0 Å². The molecule has 0 radical (unpaired) electrons. The standard InChI is InChI=1S/C51H91N3O5/c1-8-11-16-25-42(4)48(55)30-21-14-19-27-44(6)50(57)52-36-23-38-54(40-41-59-47-34-32-46(33-35-47)29-18-13-10-3)39-24-37-53-51(58)45(7)28-20-15-22-31-49(56)43(5)26-17-12-9-2/h32-35,42-45H,8-31,36-41H2,1-7H3,(H,52,57)(H,53,58)/t42-,43-,44-,45-/m0/s1. The number of rotatable bonds is 40. The first-order chi connectivity index (χ1) is 28.5. The topological polar surface area (TPSA) is 105 Å². The van der Waals surface area contributed by atoms with Crippen molar-refractivity contribution >= 4 is 23.4 Å². The summed E-state index contributed by atoms with van der Waals surface area (Å²) in [5.41, 5.74) is 1.35. The second-order valence-electron chi connectivity index (χ2n) is 17.8. The van der Waals surface area contributed by atoms with Gasteiger partial charge in [-0.1, -0.05) is 138 Å². The van der Waals surface area contributed by atoms with Gasteiger partial charge in [-0.3, -0.25) is 24.1 Å². The number of Topliss-reactive ketones (excluding diaryl/α,β-unsaturated/α-hetero) is 2. The molecule has 0 aliphatic heterocycles. The van der Waals surface area contributed by atoms with Crippen molar-refractivity contribution < 1.29 is 23.9 Å². The van der Waals surface area contributed by atoms with Crippen LogP contribution in [0.1, 0.15) is 202 Å². The Hall–Kier alpha value is -2.74. The molecule has 8 nitrogen and oxygen atoms in total. The predicted molar refractivity (Wildman–Crippen MR) is 248 cm³/mol. The number of hydrogen-bond acceptors (Lipinski definition) is 6. The number of nitrogens with zero attached hydrogens (tertiary/aromatic N) is 1. The lowest BCUT2D eigenvalue weighted by Gasteiger charge is -2.23. The van der Waals surface area contributed by atoms with E-state index in [0.717, 1.165) is 122 Å². The van der Waals surface area contributed by atoms with Gasteiger partial charge in [0.25, 0.3) is 0 Å². The Bertz CT molecular complexity index is 1160. The summed E-state index contributed by atoms with van der Waals surface area (Å²) in [5, 5.41) is 6.31. The fraction of sp³-hybridized carbons (Fsp3) is 0.804. The van der Waals surface area contributed by atoms with Crippen molar-refractivity contribution in [3.05, 3.63) is 29.8 Å². The monoisotopic (exact) mass is 826 g/mol. The molecule has 0 aromatic heterocycles. The van der Waals surface area contributed by atoms with Gasteiger partial charge in [0.05, 0.1) is 0 Å². The Labute approximate surface area is 362 Å². The maximum Gasteiger partial charge on any atom is 0.222 e. The van der Waals surface area contributed by atoms with Crippen LogP contribution >= 0.6 is 0 Å². The third-order valence-corrected chi connectivity index (χ3v) is 12.2. The summed E-state index contributed by atoms with van der Waals surface area (Å²) in [6.45, 7) is 19.1. The number of amides is 2. The lowest BCUT2D eigenvalue weighted by Crippen LogP contribution is -2.36. The highest BCUT2D eigenvalue weighted by molar-refractivity contribution is 5.81. The number of carbonyl (C=O) groups excluding carboxylic acids is 4. The van der Waals surface area contributed by atoms with Crippen molar-refractivity contribution in [2.75, 3.05) is 39.3 Å². The first-order valence-corrected chi connectivity index (χ1v) is 24.6. The second-order valence-corrected chi connectivity index (χ2v) is 17.8. The lowest BCUT2D eigenvalue weighted by atomic mass is 9.94. The Balaban J connectivity index is 2.46. The van der Waals surface area contributed by atoms with Gasteiger partial charge in [0, 0.05) is 56.1 Å². The molecule has 0 fully saturated rings. The van der Waals surface area contributed by atoms with Crippen LogP contribution in [0.4, 0.5) is 0 Å². The minimum Gasteiger partial charge on any atom is -0.492 e. The van der Waals surface area contributed by atoms with E-state index in [2.05, 4.69) is 74.4 Å². The summed E-state index contributed by atoms with van der Waals surface area (Å²) in [6, 6.07) is 8.49. The number of hydrogen-bond donors (Lipinski definition) is 2. The van der Waals surface area contributed by atoms with E-state index in [4.69, 9.17) is 4.74 Å². The third kappa shape index (κ3) is 28.4. The average molecular weight is 826 g/mol. The molecule has 0 unspecified atom stereocenters. The van der Waals surface area contributed by atoms with Crippen LogP contribution in [0, 0.1) is 23.7 Å². The van der Waals surface area contributed by atoms with E-state index in [-0.39, 0.29) is 35.5 Å². The Morgan fingerprint density at radius 2 is 0.932 bits per heavy atom. The van der Waals surface area contributed by atoms with Gasteiger partial charge in [-0.15, -0.1) is 0 Å². The summed E-state index contributed by atoms with van der Waals surface area (Å²) in [6.07, 6.45) is 24.3. The number of aryl methyl sites for hydroxylation is 1. The van der Waals surface area contributed by atoms with Crippen LogP contribution in [-0.2, 0) is 25.6 Å². The van der Waals surface area contributed by atoms with Gasteiger partial charge in [-0.05, 0) is 95.0 Å². The van der Waals surface area contributed by atoms with Crippen molar-refractivity contribution in [3.8, 4) is 5.75 Å².